The zero-order valence-electron chi connectivity index (χ0n) is 16.3. The van der Waals surface area contributed by atoms with Gasteiger partial charge in [0.25, 0.3) is 11.8 Å². The number of nitrogens with zero attached hydrogens (tertiary/aromatic N) is 2. The Balaban J connectivity index is 1.40. The quantitative estimate of drug-likeness (QED) is 0.553. The molecule has 2 heterocycles. The smallest absolute Gasteiger partial charge is 0.322 e. The number of nitrogens with one attached hydrogen (secondary N) is 2. The molecule has 4 rings (SSSR count). The van der Waals surface area contributed by atoms with E-state index in [1.807, 2.05) is 23.1 Å². The van der Waals surface area contributed by atoms with Gasteiger partial charge in [-0.1, -0.05) is 12.1 Å². The summed E-state index contributed by atoms with van der Waals surface area (Å²) >= 11 is 1.37. The summed E-state index contributed by atoms with van der Waals surface area (Å²) in [6, 6.07) is 6.79. The van der Waals surface area contributed by atoms with Crippen LogP contribution in [0.3, 0.4) is 0 Å². The third-order valence-corrected chi connectivity index (χ3v) is 6.95. The number of carbonyl (C=O) groups excluding carboxylic acids is 4. The molecule has 5 amide bonds. The number of imide groups is 1. The van der Waals surface area contributed by atoms with E-state index >= 15 is 0 Å². The molecule has 2 aliphatic heterocycles. The van der Waals surface area contributed by atoms with Crippen LogP contribution < -0.4 is 10.6 Å². The topological polar surface area (TPSA) is 98.8 Å². The van der Waals surface area contributed by atoms with E-state index in [2.05, 4.69) is 10.6 Å². The molecule has 0 spiro atoms. The van der Waals surface area contributed by atoms with Crippen molar-refractivity contribution in [2.24, 2.45) is 5.92 Å². The first-order valence-electron chi connectivity index (χ1n) is 9.81. The lowest BCUT2D eigenvalue weighted by atomic mass is 10.1. The molecule has 2 saturated heterocycles. The second kappa shape index (κ2) is 7.70. The number of hydrogen-bond acceptors (Lipinski definition) is 5. The molecule has 1 saturated carbocycles. The van der Waals surface area contributed by atoms with Crippen LogP contribution in [0, 0.1) is 5.92 Å². The van der Waals surface area contributed by atoms with Crippen molar-refractivity contribution >= 4 is 35.5 Å². The fraction of sp³-hybridized carbons (Fsp3) is 0.500. The molecule has 0 bridgehead atoms. The molecule has 2 N–H and O–H groups in total. The van der Waals surface area contributed by atoms with Crippen molar-refractivity contribution in [1.82, 2.24) is 20.4 Å². The first kappa shape index (κ1) is 19.8. The summed E-state index contributed by atoms with van der Waals surface area (Å²) in [6.07, 6.45) is 1.97. The van der Waals surface area contributed by atoms with Crippen molar-refractivity contribution in [3.8, 4) is 0 Å². The zero-order valence-corrected chi connectivity index (χ0v) is 17.1. The van der Waals surface area contributed by atoms with Crippen LogP contribution in [0.4, 0.5) is 4.79 Å². The first-order chi connectivity index (χ1) is 13.9. The fourth-order valence-corrected chi connectivity index (χ4v) is 4.69. The van der Waals surface area contributed by atoms with E-state index in [4.69, 9.17) is 0 Å². The predicted octanol–water partition coefficient (Wildman–Crippen LogP) is 1.07. The Kier molecular flexibility index (Phi) is 5.24. The van der Waals surface area contributed by atoms with Gasteiger partial charge in [-0.05, 0) is 31.9 Å². The van der Waals surface area contributed by atoms with Gasteiger partial charge in [0.2, 0.25) is 5.91 Å². The van der Waals surface area contributed by atoms with E-state index in [0.717, 1.165) is 17.7 Å². The molecule has 29 heavy (non-hydrogen) atoms. The van der Waals surface area contributed by atoms with Crippen LogP contribution >= 0.6 is 11.8 Å². The standard InChI is InChI=1S/C20H24N4O4S/c1-20(18(27)21-19(28)22-20)12-29-15-5-3-2-4-14(15)17(26)24-10-8-23(9-11-24)16(25)13-6-7-13/h2-5,13H,6-12H2,1H3,(H2,21,22,27,28). The summed E-state index contributed by atoms with van der Waals surface area (Å²) in [5, 5.41) is 4.89. The van der Waals surface area contributed by atoms with Crippen LogP contribution in [0.5, 0.6) is 0 Å². The molecular formula is C20H24N4O4S. The van der Waals surface area contributed by atoms with Gasteiger partial charge in [-0.3, -0.25) is 19.7 Å². The largest absolute Gasteiger partial charge is 0.339 e. The maximum atomic E-state index is 13.1. The molecule has 154 valence electrons. The minimum Gasteiger partial charge on any atom is -0.339 e. The number of urea groups is 1. The third kappa shape index (κ3) is 4.10. The lowest BCUT2D eigenvalue weighted by Crippen LogP contribution is -2.51. The molecule has 1 atom stereocenters. The summed E-state index contributed by atoms with van der Waals surface area (Å²) in [4.78, 5) is 53.2. The van der Waals surface area contributed by atoms with Gasteiger partial charge in [-0.2, -0.15) is 0 Å². The highest BCUT2D eigenvalue weighted by Crippen LogP contribution is 2.32. The molecular weight excluding hydrogens is 392 g/mol. The van der Waals surface area contributed by atoms with Gasteiger partial charge >= 0.3 is 6.03 Å². The van der Waals surface area contributed by atoms with Crippen molar-refractivity contribution in [2.45, 2.75) is 30.2 Å². The van der Waals surface area contributed by atoms with Crippen LogP contribution in [0.2, 0.25) is 0 Å². The molecule has 1 aromatic carbocycles. The molecule has 1 aromatic rings. The van der Waals surface area contributed by atoms with E-state index in [9.17, 15) is 19.2 Å². The Morgan fingerprint density at radius 3 is 2.38 bits per heavy atom. The van der Waals surface area contributed by atoms with E-state index in [-0.39, 0.29) is 23.6 Å². The predicted molar refractivity (Wildman–Crippen MR) is 107 cm³/mol. The number of rotatable bonds is 5. The maximum Gasteiger partial charge on any atom is 0.322 e. The van der Waals surface area contributed by atoms with Crippen LogP contribution in [0.15, 0.2) is 29.2 Å². The van der Waals surface area contributed by atoms with Gasteiger partial charge in [0.15, 0.2) is 0 Å². The fourth-order valence-electron chi connectivity index (χ4n) is 3.56. The number of benzene rings is 1. The summed E-state index contributed by atoms with van der Waals surface area (Å²) < 4.78 is 0. The lowest BCUT2D eigenvalue weighted by Gasteiger charge is -2.35. The lowest BCUT2D eigenvalue weighted by molar-refractivity contribution is -0.134. The van der Waals surface area contributed by atoms with Gasteiger partial charge in [-0.15, -0.1) is 11.8 Å². The van der Waals surface area contributed by atoms with Crippen molar-refractivity contribution in [3.63, 3.8) is 0 Å². The molecule has 3 aliphatic rings. The van der Waals surface area contributed by atoms with Crippen LogP contribution in [0.1, 0.15) is 30.1 Å². The highest BCUT2D eigenvalue weighted by Gasteiger charge is 2.42. The maximum absolute atomic E-state index is 13.1. The van der Waals surface area contributed by atoms with Gasteiger partial charge in [0.05, 0.1) is 5.56 Å². The van der Waals surface area contributed by atoms with Crippen LogP contribution in [0.25, 0.3) is 0 Å². The van der Waals surface area contributed by atoms with Gasteiger partial charge < -0.3 is 15.1 Å². The monoisotopic (exact) mass is 416 g/mol. The molecule has 8 nitrogen and oxygen atoms in total. The number of thioether (sulfide) groups is 1. The molecule has 0 aromatic heterocycles. The molecule has 1 unspecified atom stereocenters. The highest BCUT2D eigenvalue weighted by molar-refractivity contribution is 7.99. The number of amides is 5. The Morgan fingerprint density at radius 1 is 1.10 bits per heavy atom. The van der Waals surface area contributed by atoms with Gasteiger partial charge in [0.1, 0.15) is 5.54 Å². The number of piperazine rings is 1. The summed E-state index contributed by atoms with van der Waals surface area (Å²) in [5.41, 5.74) is -0.431. The van der Waals surface area contributed by atoms with E-state index in [1.165, 1.54) is 11.8 Å². The second-order valence-electron chi connectivity index (χ2n) is 7.92. The van der Waals surface area contributed by atoms with Gasteiger partial charge in [0, 0.05) is 42.7 Å². The molecule has 1 aliphatic carbocycles. The average molecular weight is 417 g/mol. The molecule has 3 fully saturated rings. The molecule has 9 heteroatoms. The number of hydrogen-bond donors (Lipinski definition) is 2. The minimum atomic E-state index is -1.01. The van der Waals surface area contributed by atoms with Crippen molar-refractivity contribution in [2.75, 3.05) is 31.9 Å². The Hall–Kier alpha value is -2.55. The van der Waals surface area contributed by atoms with E-state index in [1.54, 1.807) is 17.9 Å². The molecule has 0 radical (unpaired) electrons. The Morgan fingerprint density at radius 2 is 1.76 bits per heavy atom. The highest BCUT2D eigenvalue weighted by atomic mass is 32.2. The van der Waals surface area contributed by atoms with Crippen LogP contribution in [-0.4, -0.2) is 71.0 Å². The number of carbonyl (C=O) groups is 4. The summed E-state index contributed by atoms with van der Waals surface area (Å²) in [6.45, 7) is 3.85. The third-order valence-electron chi connectivity index (χ3n) is 5.56. The van der Waals surface area contributed by atoms with E-state index in [0.29, 0.717) is 37.5 Å². The summed E-state index contributed by atoms with van der Waals surface area (Å²) in [5.74, 6) is 0.299. The van der Waals surface area contributed by atoms with Crippen LogP contribution in [-0.2, 0) is 9.59 Å². The minimum absolute atomic E-state index is 0.0725. The van der Waals surface area contributed by atoms with Crippen molar-refractivity contribution < 1.29 is 19.2 Å². The summed E-state index contributed by atoms with van der Waals surface area (Å²) in [7, 11) is 0. The normalized spacial score (nSPS) is 24.3. The zero-order chi connectivity index (χ0) is 20.6. The van der Waals surface area contributed by atoms with Gasteiger partial charge in [-0.25, -0.2) is 4.79 Å². The second-order valence-corrected chi connectivity index (χ2v) is 8.93. The average Bonchev–Trinajstić information content (AvgIpc) is 3.53. The SMILES string of the molecule is CC1(CSc2ccccc2C(=O)N2CCN(C(=O)C3CC3)CC2)NC(=O)NC1=O. The first-order valence-corrected chi connectivity index (χ1v) is 10.8. The van der Waals surface area contributed by atoms with E-state index < -0.39 is 11.6 Å². The van der Waals surface area contributed by atoms with Crippen molar-refractivity contribution in [3.05, 3.63) is 29.8 Å². The Bertz CT molecular complexity index is 864. The van der Waals surface area contributed by atoms with Crippen molar-refractivity contribution in [1.29, 1.82) is 0 Å². The Labute approximate surface area is 173 Å².